The van der Waals surface area contributed by atoms with Gasteiger partial charge in [0.15, 0.2) is 0 Å². The number of nitrogens with one attached hydrogen (secondary N) is 1. The number of H-pyrrole nitrogens is 1. The molecule has 1 N–H and O–H groups in total. The van der Waals surface area contributed by atoms with Gasteiger partial charge in [-0.25, -0.2) is 0 Å². The molecule has 1 amide bonds. The van der Waals surface area contributed by atoms with Gasteiger partial charge in [0.1, 0.15) is 5.69 Å². The van der Waals surface area contributed by atoms with Crippen LogP contribution in [0.25, 0.3) is 0 Å². The molecular formula is C15H23N3O3. The van der Waals surface area contributed by atoms with Crippen LogP contribution in [0.2, 0.25) is 0 Å². The lowest BCUT2D eigenvalue weighted by molar-refractivity contribution is -0.0395. The Balaban J connectivity index is 1.43. The third kappa shape index (κ3) is 3.63. The highest BCUT2D eigenvalue weighted by Gasteiger charge is 2.26. The van der Waals surface area contributed by atoms with E-state index >= 15 is 0 Å². The van der Waals surface area contributed by atoms with Crippen LogP contribution in [0.15, 0.2) is 6.07 Å². The van der Waals surface area contributed by atoms with Crippen molar-refractivity contribution in [3.63, 3.8) is 0 Å². The van der Waals surface area contributed by atoms with Gasteiger partial charge in [-0.05, 0) is 38.7 Å². The highest BCUT2D eigenvalue weighted by molar-refractivity contribution is 5.92. The summed E-state index contributed by atoms with van der Waals surface area (Å²) in [6.07, 6.45) is 4.56. The third-order valence-electron chi connectivity index (χ3n) is 4.20. The number of aryl methyl sites for hydroxylation is 1. The zero-order chi connectivity index (χ0) is 14.7. The van der Waals surface area contributed by atoms with Crippen LogP contribution in [0, 0.1) is 6.92 Å². The molecule has 0 aromatic carbocycles. The largest absolute Gasteiger partial charge is 0.376 e. The average Bonchev–Trinajstić information content (AvgIpc) is 3.16. The van der Waals surface area contributed by atoms with Crippen molar-refractivity contribution in [2.24, 2.45) is 0 Å². The molecule has 2 aliphatic heterocycles. The molecule has 0 unspecified atom stereocenters. The molecule has 0 bridgehead atoms. The second-order valence-electron chi connectivity index (χ2n) is 5.90. The SMILES string of the molecule is Cc1cc(C(=O)N2CCC(OC[C@@H]3CCCO3)CC2)n[nH]1. The lowest BCUT2D eigenvalue weighted by atomic mass is 10.1. The van der Waals surface area contributed by atoms with E-state index in [0.717, 1.165) is 51.1 Å². The molecule has 6 heteroatoms. The van der Waals surface area contributed by atoms with E-state index < -0.39 is 0 Å². The molecule has 1 atom stereocenters. The first kappa shape index (κ1) is 14.5. The molecule has 1 aromatic rings. The van der Waals surface area contributed by atoms with Crippen LogP contribution in [0.5, 0.6) is 0 Å². The molecule has 21 heavy (non-hydrogen) atoms. The summed E-state index contributed by atoms with van der Waals surface area (Å²) in [7, 11) is 0. The van der Waals surface area contributed by atoms with Crippen molar-refractivity contribution in [3.05, 3.63) is 17.5 Å². The molecule has 6 nitrogen and oxygen atoms in total. The van der Waals surface area contributed by atoms with Gasteiger partial charge in [0.05, 0.1) is 18.8 Å². The molecule has 2 aliphatic rings. The van der Waals surface area contributed by atoms with E-state index in [2.05, 4.69) is 10.2 Å². The highest BCUT2D eigenvalue weighted by Crippen LogP contribution is 2.18. The quantitative estimate of drug-likeness (QED) is 0.914. The summed E-state index contributed by atoms with van der Waals surface area (Å²) in [6.45, 7) is 4.93. The maximum atomic E-state index is 12.3. The summed E-state index contributed by atoms with van der Waals surface area (Å²) < 4.78 is 11.5. The van der Waals surface area contributed by atoms with E-state index in [-0.39, 0.29) is 18.1 Å². The van der Waals surface area contributed by atoms with Gasteiger partial charge in [0.25, 0.3) is 5.91 Å². The Bertz CT molecular complexity index is 474. The molecule has 2 fully saturated rings. The summed E-state index contributed by atoms with van der Waals surface area (Å²) in [4.78, 5) is 14.1. The fourth-order valence-electron chi connectivity index (χ4n) is 2.93. The van der Waals surface area contributed by atoms with Crippen molar-refractivity contribution in [2.45, 2.75) is 44.8 Å². The molecular weight excluding hydrogens is 270 g/mol. The maximum Gasteiger partial charge on any atom is 0.274 e. The fraction of sp³-hybridized carbons (Fsp3) is 0.733. The Morgan fingerprint density at radius 2 is 2.29 bits per heavy atom. The molecule has 0 saturated carbocycles. The Labute approximate surface area is 124 Å². The second-order valence-corrected chi connectivity index (χ2v) is 5.90. The van der Waals surface area contributed by atoms with Crippen molar-refractivity contribution in [1.82, 2.24) is 15.1 Å². The minimum atomic E-state index is 0.0110. The fourth-order valence-corrected chi connectivity index (χ4v) is 2.93. The Hall–Kier alpha value is -1.40. The van der Waals surface area contributed by atoms with Crippen molar-refractivity contribution in [2.75, 3.05) is 26.3 Å². The topological polar surface area (TPSA) is 67.5 Å². The number of amides is 1. The summed E-state index contributed by atoms with van der Waals surface area (Å²) in [5, 5.41) is 6.85. The number of piperidine rings is 1. The van der Waals surface area contributed by atoms with Gasteiger partial charge in [-0.2, -0.15) is 5.10 Å². The number of aromatic nitrogens is 2. The van der Waals surface area contributed by atoms with Crippen molar-refractivity contribution in [3.8, 4) is 0 Å². The van der Waals surface area contributed by atoms with Crippen LogP contribution < -0.4 is 0 Å². The average molecular weight is 293 g/mol. The van der Waals surface area contributed by atoms with Crippen LogP contribution >= 0.6 is 0 Å². The van der Waals surface area contributed by atoms with Gasteiger partial charge < -0.3 is 14.4 Å². The number of nitrogens with zero attached hydrogens (tertiary/aromatic N) is 2. The first-order valence-corrected chi connectivity index (χ1v) is 7.77. The van der Waals surface area contributed by atoms with Crippen LogP contribution in [-0.4, -0.2) is 59.5 Å². The number of ether oxygens (including phenoxy) is 2. The Morgan fingerprint density at radius 1 is 1.48 bits per heavy atom. The van der Waals surface area contributed by atoms with E-state index in [1.807, 2.05) is 11.8 Å². The zero-order valence-corrected chi connectivity index (χ0v) is 12.5. The van der Waals surface area contributed by atoms with E-state index in [4.69, 9.17) is 9.47 Å². The first-order valence-electron chi connectivity index (χ1n) is 7.77. The molecule has 3 heterocycles. The van der Waals surface area contributed by atoms with E-state index in [0.29, 0.717) is 12.3 Å². The van der Waals surface area contributed by atoms with Gasteiger partial charge >= 0.3 is 0 Å². The lowest BCUT2D eigenvalue weighted by Gasteiger charge is -2.32. The second kappa shape index (κ2) is 6.58. The number of hydrogen-bond donors (Lipinski definition) is 1. The molecule has 0 aliphatic carbocycles. The summed E-state index contributed by atoms with van der Waals surface area (Å²) >= 11 is 0. The van der Waals surface area contributed by atoms with Crippen LogP contribution in [0.1, 0.15) is 41.9 Å². The molecule has 0 radical (unpaired) electrons. The van der Waals surface area contributed by atoms with E-state index in [1.165, 1.54) is 0 Å². The van der Waals surface area contributed by atoms with Gasteiger partial charge in [-0.15, -0.1) is 0 Å². The summed E-state index contributed by atoms with van der Waals surface area (Å²) in [5.74, 6) is 0.0110. The number of rotatable bonds is 4. The smallest absolute Gasteiger partial charge is 0.274 e. The molecule has 3 rings (SSSR count). The zero-order valence-electron chi connectivity index (χ0n) is 12.5. The molecule has 1 aromatic heterocycles. The van der Waals surface area contributed by atoms with Crippen molar-refractivity contribution < 1.29 is 14.3 Å². The number of carbonyl (C=O) groups is 1. The maximum absolute atomic E-state index is 12.3. The number of carbonyl (C=O) groups excluding carboxylic acids is 1. The van der Waals surface area contributed by atoms with Crippen LogP contribution in [0.3, 0.4) is 0 Å². The Morgan fingerprint density at radius 3 is 2.90 bits per heavy atom. The van der Waals surface area contributed by atoms with Crippen LogP contribution in [0.4, 0.5) is 0 Å². The molecule has 116 valence electrons. The number of aromatic amines is 1. The number of hydrogen-bond acceptors (Lipinski definition) is 4. The van der Waals surface area contributed by atoms with E-state index in [9.17, 15) is 4.79 Å². The number of likely N-dealkylation sites (tertiary alicyclic amines) is 1. The predicted molar refractivity (Wildman–Crippen MR) is 77.2 cm³/mol. The van der Waals surface area contributed by atoms with Gasteiger partial charge in [0, 0.05) is 25.4 Å². The summed E-state index contributed by atoms with van der Waals surface area (Å²) in [5.41, 5.74) is 1.42. The Kier molecular flexibility index (Phi) is 4.55. The standard InChI is InChI=1S/C15H23N3O3/c1-11-9-14(17-16-11)15(19)18-6-4-12(5-7-18)21-10-13-3-2-8-20-13/h9,12-13H,2-8,10H2,1H3,(H,16,17)/t13-/m0/s1. The molecule has 0 spiro atoms. The van der Waals surface area contributed by atoms with Crippen molar-refractivity contribution in [1.29, 1.82) is 0 Å². The predicted octanol–water partition coefficient (Wildman–Crippen LogP) is 1.52. The first-order chi connectivity index (χ1) is 10.2. The normalized spacial score (nSPS) is 23.7. The van der Waals surface area contributed by atoms with Crippen LogP contribution in [-0.2, 0) is 9.47 Å². The minimum Gasteiger partial charge on any atom is -0.376 e. The lowest BCUT2D eigenvalue weighted by Crippen LogP contribution is -2.41. The third-order valence-corrected chi connectivity index (χ3v) is 4.20. The highest BCUT2D eigenvalue weighted by atomic mass is 16.5. The van der Waals surface area contributed by atoms with Gasteiger partial charge in [-0.3, -0.25) is 9.89 Å². The molecule has 2 saturated heterocycles. The monoisotopic (exact) mass is 293 g/mol. The minimum absolute atomic E-state index is 0.0110. The summed E-state index contributed by atoms with van der Waals surface area (Å²) in [6, 6.07) is 1.79. The van der Waals surface area contributed by atoms with Crippen molar-refractivity contribution >= 4 is 5.91 Å². The van der Waals surface area contributed by atoms with Gasteiger partial charge in [0.2, 0.25) is 0 Å². The van der Waals surface area contributed by atoms with E-state index in [1.54, 1.807) is 6.07 Å². The van der Waals surface area contributed by atoms with Gasteiger partial charge in [-0.1, -0.05) is 0 Å².